The van der Waals surface area contributed by atoms with Crippen LogP contribution in [0.1, 0.15) is 54.4 Å². The van der Waals surface area contributed by atoms with Gasteiger partial charge in [-0.2, -0.15) is 10.1 Å². The van der Waals surface area contributed by atoms with Crippen LogP contribution in [0, 0.1) is 16.7 Å². The van der Waals surface area contributed by atoms with Gasteiger partial charge in [-0.1, -0.05) is 6.92 Å². The average Bonchev–Trinajstić information content (AvgIpc) is 3.73. The molecule has 0 radical (unpaired) electrons. The Morgan fingerprint density at radius 3 is 2.62 bits per heavy atom. The lowest BCUT2D eigenvalue weighted by Crippen LogP contribution is -2.74. The van der Waals surface area contributed by atoms with Gasteiger partial charge in [-0.3, -0.25) is 14.4 Å². The molecule has 15 heteroatoms. The number of hydrogen-bond donors (Lipinski definition) is 2. The van der Waals surface area contributed by atoms with Crippen molar-refractivity contribution in [1.29, 1.82) is 5.26 Å². The van der Waals surface area contributed by atoms with Crippen LogP contribution >= 0.6 is 0 Å². The predicted octanol–water partition coefficient (Wildman–Crippen LogP) is 0.977. The van der Waals surface area contributed by atoms with Crippen LogP contribution in [-0.4, -0.2) is 97.9 Å². The van der Waals surface area contributed by atoms with E-state index in [2.05, 4.69) is 21.5 Å². The van der Waals surface area contributed by atoms with Crippen LogP contribution in [-0.2, 0) is 28.9 Å². The van der Waals surface area contributed by atoms with Crippen LogP contribution in [0.3, 0.4) is 0 Å². The molecule has 2 N–H and O–H groups in total. The summed E-state index contributed by atoms with van der Waals surface area (Å²) >= 11 is 0. The van der Waals surface area contributed by atoms with Gasteiger partial charge in [-0.25, -0.2) is 4.98 Å². The Kier molecular flexibility index (Phi) is 6.76. The fourth-order valence-electron chi connectivity index (χ4n) is 7.92. The Labute approximate surface area is 269 Å². The molecule has 3 aliphatic heterocycles. The zero-order chi connectivity index (χ0) is 32.5. The van der Waals surface area contributed by atoms with Crippen molar-refractivity contribution in [2.24, 2.45) is 5.41 Å². The molecule has 3 saturated carbocycles. The zero-order valence-electron chi connectivity index (χ0n) is 26.1. The monoisotopic (exact) mass is 641 g/mol. The van der Waals surface area contributed by atoms with E-state index in [0.717, 1.165) is 5.70 Å². The van der Waals surface area contributed by atoms with Crippen molar-refractivity contribution < 1.29 is 24.2 Å². The number of nitrogens with zero attached hydrogens (tertiary/aromatic N) is 8. The number of rotatable bonds is 7. The van der Waals surface area contributed by atoms with E-state index in [9.17, 15) is 24.8 Å². The number of aromatic hydroxyl groups is 1. The predicted molar refractivity (Wildman–Crippen MR) is 167 cm³/mol. The smallest absolute Gasteiger partial charge is 0.276 e. The van der Waals surface area contributed by atoms with Gasteiger partial charge < -0.3 is 34.3 Å². The third-order valence-electron chi connectivity index (χ3n) is 10.2. The number of ether oxygens (including phenoxy) is 2. The van der Waals surface area contributed by atoms with E-state index in [0.29, 0.717) is 113 Å². The number of anilines is 1. The minimum absolute atomic E-state index is 0.00447. The fraction of sp³-hybridized carbons (Fsp3) is 0.531. The first kappa shape index (κ1) is 29.4. The molecule has 4 fully saturated rings. The molecule has 1 saturated heterocycles. The highest BCUT2D eigenvalue weighted by Crippen LogP contribution is 2.66. The molecule has 3 aromatic heterocycles. The number of pyridine rings is 2. The first-order chi connectivity index (χ1) is 22.7. The number of nitriles is 1. The largest absolute Gasteiger partial charge is 0.505 e. The molecule has 2 amide bonds. The van der Waals surface area contributed by atoms with E-state index in [1.807, 2.05) is 17.9 Å². The molecule has 3 aliphatic carbocycles. The van der Waals surface area contributed by atoms with E-state index in [1.54, 1.807) is 9.47 Å². The third kappa shape index (κ3) is 4.64. The molecule has 3 aromatic rings. The van der Waals surface area contributed by atoms with Gasteiger partial charge in [-0.05, 0) is 31.8 Å². The normalized spacial score (nSPS) is 24.5. The summed E-state index contributed by atoms with van der Waals surface area (Å²) < 4.78 is 12.7. The van der Waals surface area contributed by atoms with Crippen LogP contribution in [0.4, 0.5) is 5.69 Å². The number of carbonyl (C=O) groups is 2. The first-order valence-corrected chi connectivity index (χ1v) is 16.1. The lowest BCUT2D eigenvalue weighted by molar-refractivity contribution is -0.144. The Morgan fingerprint density at radius 2 is 1.91 bits per heavy atom. The average molecular weight is 642 g/mol. The van der Waals surface area contributed by atoms with E-state index < -0.39 is 0 Å². The van der Waals surface area contributed by atoms with Gasteiger partial charge in [0.15, 0.2) is 22.6 Å². The highest BCUT2D eigenvalue weighted by atomic mass is 16.5. The van der Waals surface area contributed by atoms with Gasteiger partial charge in [0.25, 0.3) is 5.91 Å². The van der Waals surface area contributed by atoms with Crippen molar-refractivity contribution in [2.75, 3.05) is 50.9 Å². The van der Waals surface area contributed by atoms with Crippen molar-refractivity contribution in [3.8, 4) is 17.6 Å². The van der Waals surface area contributed by atoms with Gasteiger partial charge in [0, 0.05) is 55.8 Å². The maximum absolute atomic E-state index is 14.2. The second kappa shape index (κ2) is 10.8. The molecular weight excluding hydrogens is 606 g/mol. The number of hydrogen-bond acceptors (Lipinski definition) is 11. The quantitative estimate of drug-likeness (QED) is 0.375. The van der Waals surface area contributed by atoms with Crippen LogP contribution in [0.5, 0.6) is 11.5 Å². The Balaban J connectivity index is 1.10. The third-order valence-corrected chi connectivity index (χ3v) is 10.2. The van der Waals surface area contributed by atoms with Crippen molar-refractivity contribution in [3.63, 3.8) is 0 Å². The zero-order valence-corrected chi connectivity index (χ0v) is 26.1. The Hall–Kier alpha value is -4.97. The summed E-state index contributed by atoms with van der Waals surface area (Å²) in [6, 6.07) is 2.37. The van der Waals surface area contributed by atoms with E-state index in [1.165, 1.54) is 11.0 Å². The van der Waals surface area contributed by atoms with E-state index in [-0.39, 0.29) is 51.7 Å². The molecule has 2 bridgehead atoms. The lowest BCUT2D eigenvalue weighted by atomic mass is 9.40. The van der Waals surface area contributed by atoms with Crippen molar-refractivity contribution in [1.82, 2.24) is 34.8 Å². The molecule has 6 heterocycles. The number of amides is 2. The molecule has 0 atom stereocenters. The van der Waals surface area contributed by atoms with Crippen molar-refractivity contribution in [2.45, 2.75) is 57.5 Å². The number of fused-ring (bicyclic) bond motifs is 2. The lowest BCUT2D eigenvalue weighted by Gasteiger charge is -2.67. The molecule has 9 rings (SSSR count). The minimum atomic E-state index is -0.378. The standard InChI is InChI=1S/C32H35N9O6/c1-2-21-26(38-6-8-39(9-7-38)30(45)25-27(43)20-5-12-47-22(20)13-34-25)28(44)24-29(37-41(36-24)19-3-10-46-11-4-19)40(21)14-23(42)35-32-15-31(16-32,17-32)18-33/h3,13,43H,2,4-12,14-17H2,1H3,(H,35,42). The second-order valence-corrected chi connectivity index (χ2v) is 13.2. The molecule has 15 nitrogen and oxygen atoms in total. The first-order valence-electron chi connectivity index (χ1n) is 16.1. The summed E-state index contributed by atoms with van der Waals surface area (Å²) in [6.07, 6.45) is 6.91. The van der Waals surface area contributed by atoms with Crippen LogP contribution in [0.15, 0.2) is 17.1 Å². The summed E-state index contributed by atoms with van der Waals surface area (Å²) in [5.41, 5.74) is 2.11. The van der Waals surface area contributed by atoms with Gasteiger partial charge in [0.05, 0.1) is 43.2 Å². The number of piperazine rings is 1. The van der Waals surface area contributed by atoms with Crippen molar-refractivity contribution in [3.05, 3.63) is 39.4 Å². The molecule has 0 spiro atoms. The van der Waals surface area contributed by atoms with Crippen molar-refractivity contribution >= 4 is 34.4 Å². The second-order valence-electron chi connectivity index (χ2n) is 13.2. The summed E-state index contributed by atoms with van der Waals surface area (Å²) in [4.78, 5) is 50.4. The minimum Gasteiger partial charge on any atom is -0.505 e. The summed E-state index contributed by atoms with van der Waals surface area (Å²) in [6.45, 7) is 4.58. The fourth-order valence-corrected chi connectivity index (χ4v) is 7.92. The number of nitrogens with one attached hydrogen (secondary N) is 1. The molecule has 0 aromatic carbocycles. The maximum Gasteiger partial charge on any atom is 0.276 e. The number of carbonyl (C=O) groups excluding carboxylic acids is 2. The molecule has 244 valence electrons. The molecular formula is C32H35N9O6. The number of aromatic nitrogens is 5. The SMILES string of the molecule is CCc1c(N2CCN(C(=O)c3ncc4c(c3O)CCO4)CC2)c(=O)c2nn(C3=CCOCC3)nc2n1CC(=O)NC12CC(C#N)(C1)C2. The highest BCUT2D eigenvalue weighted by Gasteiger charge is 2.69. The molecule has 47 heavy (non-hydrogen) atoms. The van der Waals surface area contributed by atoms with Crippen LogP contribution in [0.25, 0.3) is 16.9 Å². The van der Waals surface area contributed by atoms with Crippen LogP contribution < -0.4 is 20.4 Å². The van der Waals surface area contributed by atoms with E-state index in [4.69, 9.17) is 14.6 Å². The topological polar surface area (TPSA) is 181 Å². The molecule has 0 unspecified atom stereocenters. The van der Waals surface area contributed by atoms with Gasteiger partial charge >= 0.3 is 0 Å². The maximum atomic E-state index is 14.2. The summed E-state index contributed by atoms with van der Waals surface area (Å²) in [5, 5.41) is 32.7. The van der Waals surface area contributed by atoms with Gasteiger partial charge in [0.2, 0.25) is 11.3 Å². The molecule has 6 aliphatic rings. The Morgan fingerprint density at radius 1 is 1.13 bits per heavy atom. The van der Waals surface area contributed by atoms with Gasteiger partial charge in [-0.15, -0.1) is 10.2 Å². The Bertz CT molecular complexity index is 1950. The summed E-state index contributed by atoms with van der Waals surface area (Å²) in [7, 11) is 0. The summed E-state index contributed by atoms with van der Waals surface area (Å²) in [5.74, 6) is -0.228. The van der Waals surface area contributed by atoms with Crippen LogP contribution in [0.2, 0.25) is 0 Å². The van der Waals surface area contributed by atoms with E-state index >= 15 is 0 Å². The van der Waals surface area contributed by atoms with Gasteiger partial charge in [0.1, 0.15) is 18.0 Å². The highest BCUT2D eigenvalue weighted by molar-refractivity contribution is 5.96.